The third kappa shape index (κ3) is 5.29. The van der Waals surface area contributed by atoms with Gasteiger partial charge in [0.05, 0.1) is 44.1 Å². The second-order valence-corrected chi connectivity index (χ2v) is 8.37. The number of nitrogens with zero attached hydrogens (tertiary/aromatic N) is 1. The zero-order chi connectivity index (χ0) is 29.0. The molecule has 2 heterocycles. The van der Waals surface area contributed by atoms with Crippen molar-refractivity contribution >= 4 is 45.5 Å². The molecular weight excluding hydrogens is 526 g/mol. The predicted octanol–water partition coefficient (Wildman–Crippen LogP) is 5.41. The number of carbonyl (C=O) groups is 2. The molecule has 3 N–H and O–H groups in total. The van der Waals surface area contributed by atoms with E-state index in [4.69, 9.17) is 18.6 Å². The van der Waals surface area contributed by atoms with Crippen molar-refractivity contribution in [2.75, 3.05) is 44.3 Å². The number of pyridine rings is 1. The van der Waals surface area contributed by atoms with E-state index in [2.05, 4.69) is 27.5 Å². The molecule has 208 valence electrons. The second kappa shape index (κ2) is 11.8. The Bertz CT molecular complexity index is 1590. The van der Waals surface area contributed by atoms with Crippen molar-refractivity contribution in [3.05, 3.63) is 77.7 Å². The van der Waals surface area contributed by atoms with Crippen molar-refractivity contribution < 1.29 is 37.0 Å². The lowest BCUT2D eigenvalue weighted by Crippen LogP contribution is -2.11. The Morgan fingerprint density at radius 3 is 2.35 bits per heavy atom. The summed E-state index contributed by atoms with van der Waals surface area (Å²) in [5.74, 6) is -4.61. The summed E-state index contributed by atoms with van der Waals surface area (Å²) in [4.78, 5) is 29.7. The number of benzene rings is 2. The smallest absolute Gasteiger partial charge is 0.247 e. The number of hydrogen-bond donors (Lipinski definition) is 3. The number of ketones is 1. The summed E-state index contributed by atoms with van der Waals surface area (Å²) in [6, 6.07) is 7.89. The number of rotatable bonds is 11. The van der Waals surface area contributed by atoms with Gasteiger partial charge >= 0.3 is 0 Å². The number of fused-ring (bicyclic) bond motifs is 1. The van der Waals surface area contributed by atoms with Crippen molar-refractivity contribution in [1.29, 1.82) is 0 Å². The van der Waals surface area contributed by atoms with Crippen LogP contribution in [0.2, 0.25) is 0 Å². The van der Waals surface area contributed by atoms with Crippen LogP contribution in [0.4, 0.5) is 31.7 Å². The number of hydrogen-bond acceptors (Lipinski definition) is 9. The van der Waals surface area contributed by atoms with E-state index in [1.54, 1.807) is 25.3 Å². The molecule has 0 radical (unpaired) electrons. The number of halogens is 2. The predicted molar refractivity (Wildman–Crippen MR) is 146 cm³/mol. The minimum atomic E-state index is -1.19. The highest BCUT2D eigenvalue weighted by atomic mass is 19.1. The number of furan rings is 1. The van der Waals surface area contributed by atoms with E-state index in [1.165, 1.54) is 27.5 Å². The molecule has 12 heteroatoms. The first-order valence-electron chi connectivity index (χ1n) is 11.8. The summed E-state index contributed by atoms with van der Waals surface area (Å²) >= 11 is 0. The number of aromatic nitrogens is 1. The minimum absolute atomic E-state index is 0.182. The molecule has 0 fully saturated rings. The Kier molecular flexibility index (Phi) is 8.29. The molecular formula is C28H26F2N4O6. The fourth-order valence-electron chi connectivity index (χ4n) is 4.06. The molecule has 0 atom stereocenters. The van der Waals surface area contributed by atoms with Crippen molar-refractivity contribution in [3.63, 3.8) is 0 Å². The third-order valence-electron chi connectivity index (χ3n) is 5.93. The molecule has 4 rings (SSSR count). The van der Waals surface area contributed by atoms with Crippen LogP contribution in [0, 0.1) is 11.6 Å². The number of anilines is 4. The van der Waals surface area contributed by atoms with Gasteiger partial charge in [-0.05, 0) is 29.8 Å². The maximum atomic E-state index is 15.0. The van der Waals surface area contributed by atoms with E-state index in [-0.39, 0.29) is 28.5 Å². The van der Waals surface area contributed by atoms with Crippen molar-refractivity contribution in [2.24, 2.45) is 0 Å². The Morgan fingerprint density at radius 1 is 1.05 bits per heavy atom. The van der Waals surface area contributed by atoms with Crippen LogP contribution in [0.25, 0.3) is 11.0 Å². The summed E-state index contributed by atoms with van der Waals surface area (Å²) in [5, 5.41) is 9.13. The molecule has 0 aliphatic rings. The van der Waals surface area contributed by atoms with Crippen molar-refractivity contribution in [2.45, 2.75) is 6.61 Å². The molecule has 0 aliphatic carbocycles. The standard InChI is InChI=1S/C28H26F2N4O6/c1-6-22(35)34-17-9-14(13-37-3)7-8-16(17)33-21-10-15-20(12-32-21)40-28(26(15)31-2)27(36)23-24(29)18(38-4)11-19(39-5)25(23)30/h6-12,31H,1,13H2,2-5H3,(H,32,33)(H,34,35). The molecule has 0 saturated heterocycles. The van der Waals surface area contributed by atoms with E-state index >= 15 is 8.78 Å². The van der Waals surface area contributed by atoms with Crippen molar-refractivity contribution in [3.8, 4) is 11.5 Å². The van der Waals surface area contributed by atoms with E-state index in [0.717, 1.165) is 17.7 Å². The molecule has 2 aromatic heterocycles. The van der Waals surface area contributed by atoms with Gasteiger partial charge in [0.1, 0.15) is 11.4 Å². The van der Waals surface area contributed by atoms with Gasteiger partial charge in [-0.3, -0.25) is 9.59 Å². The Balaban J connectivity index is 1.77. The summed E-state index contributed by atoms with van der Waals surface area (Å²) in [6.45, 7) is 3.81. The normalized spacial score (nSPS) is 10.8. The third-order valence-corrected chi connectivity index (χ3v) is 5.93. The fourth-order valence-corrected chi connectivity index (χ4v) is 4.06. The number of nitrogens with one attached hydrogen (secondary N) is 3. The number of ether oxygens (including phenoxy) is 3. The molecule has 0 aliphatic heterocycles. The van der Waals surface area contributed by atoms with Crippen LogP contribution in [-0.4, -0.2) is 45.1 Å². The first-order chi connectivity index (χ1) is 19.3. The Hall–Kier alpha value is -4.97. The first kappa shape index (κ1) is 28.0. The molecule has 4 aromatic rings. The van der Waals surface area contributed by atoms with Gasteiger partial charge in [-0.15, -0.1) is 0 Å². The van der Waals surface area contributed by atoms with E-state index in [0.29, 0.717) is 29.2 Å². The van der Waals surface area contributed by atoms with Gasteiger partial charge in [0.25, 0.3) is 0 Å². The van der Waals surface area contributed by atoms with Crippen LogP contribution >= 0.6 is 0 Å². The molecule has 0 spiro atoms. The number of amides is 1. The van der Waals surface area contributed by atoms with E-state index < -0.39 is 28.9 Å². The van der Waals surface area contributed by atoms with E-state index in [9.17, 15) is 9.59 Å². The summed E-state index contributed by atoms with van der Waals surface area (Å²) in [7, 11) is 5.46. The van der Waals surface area contributed by atoms with Crippen LogP contribution in [0.3, 0.4) is 0 Å². The minimum Gasteiger partial charge on any atom is -0.494 e. The van der Waals surface area contributed by atoms with Gasteiger partial charge in [-0.1, -0.05) is 12.6 Å². The molecule has 1 amide bonds. The highest BCUT2D eigenvalue weighted by Gasteiger charge is 2.31. The van der Waals surface area contributed by atoms with Crippen LogP contribution in [0.1, 0.15) is 21.7 Å². The largest absolute Gasteiger partial charge is 0.494 e. The maximum Gasteiger partial charge on any atom is 0.247 e. The van der Waals surface area contributed by atoms with Gasteiger partial charge < -0.3 is 34.6 Å². The average Bonchev–Trinajstić information content (AvgIpc) is 3.32. The summed E-state index contributed by atoms with van der Waals surface area (Å²) < 4.78 is 50.8. The lowest BCUT2D eigenvalue weighted by atomic mass is 10.0. The molecule has 40 heavy (non-hydrogen) atoms. The molecule has 2 aromatic carbocycles. The van der Waals surface area contributed by atoms with Crippen LogP contribution in [0.5, 0.6) is 11.5 Å². The first-order valence-corrected chi connectivity index (χ1v) is 11.8. The van der Waals surface area contributed by atoms with Gasteiger partial charge in [-0.2, -0.15) is 0 Å². The van der Waals surface area contributed by atoms with Crippen molar-refractivity contribution in [1.82, 2.24) is 4.98 Å². The molecule has 0 bridgehead atoms. The summed E-state index contributed by atoms with van der Waals surface area (Å²) in [5.41, 5.74) is 1.26. The van der Waals surface area contributed by atoms with Crippen LogP contribution in [-0.2, 0) is 16.1 Å². The zero-order valence-corrected chi connectivity index (χ0v) is 22.1. The Labute approximate surface area is 227 Å². The monoisotopic (exact) mass is 552 g/mol. The average molecular weight is 553 g/mol. The highest BCUT2D eigenvalue weighted by Crippen LogP contribution is 2.38. The highest BCUT2D eigenvalue weighted by molar-refractivity contribution is 6.15. The number of methoxy groups -OCH3 is 3. The summed E-state index contributed by atoms with van der Waals surface area (Å²) in [6.07, 6.45) is 2.50. The number of carbonyl (C=O) groups excluding carboxylic acids is 2. The fraction of sp³-hybridized carbons (Fsp3) is 0.179. The maximum absolute atomic E-state index is 15.0. The quantitative estimate of drug-likeness (QED) is 0.165. The van der Waals surface area contributed by atoms with Crippen LogP contribution in [0.15, 0.2) is 53.6 Å². The van der Waals surface area contributed by atoms with Gasteiger partial charge in [-0.25, -0.2) is 13.8 Å². The zero-order valence-electron chi connectivity index (χ0n) is 22.1. The SMILES string of the molecule is C=CC(=O)Nc1cc(COC)ccc1Nc1cc2c(NC)c(C(=O)c3c(F)c(OC)cc(OC)c3F)oc2cn1. The second-order valence-electron chi connectivity index (χ2n) is 8.37. The van der Waals surface area contributed by atoms with Gasteiger partial charge in [0, 0.05) is 25.6 Å². The van der Waals surface area contributed by atoms with E-state index in [1.807, 2.05) is 6.07 Å². The van der Waals surface area contributed by atoms with Gasteiger partial charge in [0.2, 0.25) is 11.7 Å². The van der Waals surface area contributed by atoms with Gasteiger partial charge in [0.15, 0.2) is 34.5 Å². The lowest BCUT2D eigenvalue weighted by molar-refractivity contribution is -0.111. The lowest BCUT2D eigenvalue weighted by Gasteiger charge is -2.14. The topological polar surface area (TPSA) is 124 Å². The Morgan fingerprint density at radius 2 is 1.75 bits per heavy atom. The van der Waals surface area contributed by atoms with Crippen LogP contribution < -0.4 is 25.4 Å². The molecule has 10 nitrogen and oxygen atoms in total. The molecule has 0 unspecified atom stereocenters. The molecule has 0 saturated carbocycles.